The molecule has 4 heteroatoms. The summed E-state index contributed by atoms with van der Waals surface area (Å²) in [5.74, 6) is 0. The number of hydrogen-bond acceptors (Lipinski definition) is 3. The second kappa shape index (κ2) is 2.13. The number of nitrogens with two attached hydrogens (primary N) is 1. The second-order valence-electron chi connectivity index (χ2n) is 2.21. The quantitative estimate of drug-likeness (QED) is 0.613. The van der Waals surface area contributed by atoms with Gasteiger partial charge in [-0.1, -0.05) is 16.8 Å². The summed E-state index contributed by atoms with van der Waals surface area (Å²) in [5, 5.41) is 4.85. The predicted molar refractivity (Wildman–Crippen MR) is 43.4 cm³/mol. The molecule has 2 aromatic rings. The van der Waals surface area contributed by atoms with Crippen LogP contribution in [-0.4, -0.2) is 5.16 Å². The molecule has 1 heterocycles. The lowest BCUT2D eigenvalue weighted by molar-refractivity contribution is 0.456. The minimum atomic E-state index is 0.503. The fourth-order valence-electron chi connectivity index (χ4n) is 0.928. The van der Waals surface area contributed by atoms with Crippen LogP contribution in [0.2, 0.25) is 5.02 Å². The summed E-state index contributed by atoms with van der Waals surface area (Å²) in [6.45, 7) is 0. The molecule has 3 nitrogen and oxygen atoms in total. The van der Waals surface area contributed by atoms with Gasteiger partial charge in [0.25, 0.3) is 0 Å². The molecule has 56 valence electrons. The van der Waals surface area contributed by atoms with Crippen LogP contribution in [0.1, 0.15) is 0 Å². The topological polar surface area (TPSA) is 52.0 Å². The standard InChI is InChI=1S/C7H5ClN2O/c8-7-4-3-10-11-6(4)2-1-5(7)9/h1-3H,9H2. The fourth-order valence-corrected chi connectivity index (χ4v) is 1.13. The first kappa shape index (κ1) is 6.49. The van der Waals surface area contributed by atoms with Crippen LogP contribution >= 0.6 is 11.6 Å². The number of halogens is 1. The zero-order chi connectivity index (χ0) is 7.84. The van der Waals surface area contributed by atoms with Crippen LogP contribution in [0.25, 0.3) is 11.0 Å². The first-order valence-corrected chi connectivity index (χ1v) is 3.45. The molecular formula is C7H5ClN2O. The zero-order valence-electron chi connectivity index (χ0n) is 5.54. The monoisotopic (exact) mass is 168 g/mol. The van der Waals surface area contributed by atoms with Gasteiger partial charge in [-0.2, -0.15) is 0 Å². The minimum absolute atomic E-state index is 0.503. The lowest BCUT2D eigenvalue weighted by Gasteiger charge is -1.94. The highest BCUT2D eigenvalue weighted by atomic mass is 35.5. The summed E-state index contributed by atoms with van der Waals surface area (Å²) >= 11 is 5.84. The van der Waals surface area contributed by atoms with Crippen molar-refractivity contribution in [2.75, 3.05) is 5.73 Å². The van der Waals surface area contributed by atoms with Gasteiger partial charge in [-0.3, -0.25) is 0 Å². The minimum Gasteiger partial charge on any atom is -0.398 e. The third kappa shape index (κ3) is 0.851. The second-order valence-corrected chi connectivity index (χ2v) is 2.58. The molecule has 0 saturated carbocycles. The number of nitrogens with zero attached hydrogens (tertiary/aromatic N) is 1. The molecule has 0 radical (unpaired) electrons. The van der Waals surface area contributed by atoms with Crippen LogP contribution in [0.5, 0.6) is 0 Å². The Morgan fingerprint density at radius 3 is 3.09 bits per heavy atom. The van der Waals surface area contributed by atoms with Gasteiger partial charge in [0.05, 0.1) is 22.3 Å². The average molecular weight is 169 g/mol. The van der Waals surface area contributed by atoms with Crippen molar-refractivity contribution >= 4 is 28.3 Å². The normalized spacial score (nSPS) is 10.6. The average Bonchev–Trinajstić information content (AvgIpc) is 2.45. The molecule has 1 aromatic heterocycles. The van der Waals surface area contributed by atoms with Crippen molar-refractivity contribution in [2.24, 2.45) is 0 Å². The van der Waals surface area contributed by atoms with Gasteiger partial charge in [-0.05, 0) is 12.1 Å². The Morgan fingerprint density at radius 2 is 2.27 bits per heavy atom. The van der Waals surface area contributed by atoms with Crippen molar-refractivity contribution in [1.29, 1.82) is 0 Å². The molecular weight excluding hydrogens is 164 g/mol. The number of benzene rings is 1. The van der Waals surface area contributed by atoms with E-state index in [1.807, 2.05) is 0 Å². The first-order chi connectivity index (χ1) is 5.29. The molecule has 1 aromatic carbocycles. The molecule has 0 bridgehead atoms. The smallest absolute Gasteiger partial charge is 0.168 e. The zero-order valence-corrected chi connectivity index (χ0v) is 6.30. The van der Waals surface area contributed by atoms with Crippen molar-refractivity contribution < 1.29 is 4.52 Å². The third-order valence-electron chi connectivity index (χ3n) is 1.50. The molecule has 0 spiro atoms. The number of hydrogen-bond donors (Lipinski definition) is 1. The number of fused-ring (bicyclic) bond motifs is 1. The molecule has 2 N–H and O–H groups in total. The van der Waals surface area contributed by atoms with Gasteiger partial charge in [0, 0.05) is 0 Å². The van der Waals surface area contributed by atoms with E-state index in [-0.39, 0.29) is 0 Å². The van der Waals surface area contributed by atoms with Crippen molar-refractivity contribution in [2.45, 2.75) is 0 Å². The molecule has 0 atom stereocenters. The van der Waals surface area contributed by atoms with Crippen LogP contribution in [0, 0.1) is 0 Å². The molecule has 0 saturated heterocycles. The summed E-state index contributed by atoms with van der Waals surface area (Å²) in [6, 6.07) is 3.43. The highest BCUT2D eigenvalue weighted by Crippen LogP contribution is 2.28. The summed E-state index contributed by atoms with van der Waals surface area (Å²) < 4.78 is 4.86. The molecule has 2 rings (SSSR count). The Kier molecular flexibility index (Phi) is 1.26. The number of aromatic nitrogens is 1. The largest absolute Gasteiger partial charge is 0.398 e. The Hall–Kier alpha value is -1.22. The van der Waals surface area contributed by atoms with Gasteiger partial charge in [0.15, 0.2) is 5.58 Å². The number of nitrogen functional groups attached to an aromatic ring is 1. The number of rotatable bonds is 0. The third-order valence-corrected chi connectivity index (χ3v) is 1.92. The van der Waals surface area contributed by atoms with E-state index in [0.29, 0.717) is 16.3 Å². The maximum absolute atomic E-state index is 5.84. The molecule has 0 aliphatic carbocycles. The maximum atomic E-state index is 5.84. The van der Waals surface area contributed by atoms with Gasteiger partial charge in [0.2, 0.25) is 0 Å². The van der Waals surface area contributed by atoms with Crippen LogP contribution in [-0.2, 0) is 0 Å². The molecule has 0 aliphatic rings. The van der Waals surface area contributed by atoms with Gasteiger partial charge >= 0.3 is 0 Å². The van der Waals surface area contributed by atoms with E-state index >= 15 is 0 Å². The van der Waals surface area contributed by atoms with Crippen molar-refractivity contribution in [1.82, 2.24) is 5.16 Å². The van der Waals surface area contributed by atoms with Crippen LogP contribution in [0.4, 0.5) is 5.69 Å². The van der Waals surface area contributed by atoms with E-state index in [4.69, 9.17) is 21.9 Å². The SMILES string of the molecule is Nc1ccc2oncc2c1Cl. The van der Waals surface area contributed by atoms with Gasteiger partial charge in [0.1, 0.15) is 0 Å². The van der Waals surface area contributed by atoms with E-state index in [0.717, 1.165) is 5.39 Å². The summed E-state index contributed by atoms with van der Waals surface area (Å²) in [5.41, 5.74) is 6.74. The molecule has 0 aliphatic heterocycles. The first-order valence-electron chi connectivity index (χ1n) is 3.07. The van der Waals surface area contributed by atoms with Crippen LogP contribution in [0.15, 0.2) is 22.9 Å². The van der Waals surface area contributed by atoms with E-state index in [9.17, 15) is 0 Å². The molecule has 0 amide bonds. The van der Waals surface area contributed by atoms with E-state index in [2.05, 4.69) is 5.16 Å². The Bertz CT molecular complexity index is 396. The van der Waals surface area contributed by atoms with Gasteiger partial charge in [-0.15, -0.1) is 0 Å². The van der Waals surface area contributed by atoms with Gasteiger partial charge in [-0.25, -0.2) is 0 Å². The van der Waals surface area contributed by atoms with Crippen molar-refractivity contribution in [3.05, 3.63) is 23.4 Å². The van der Waals surface area contributed by atoms with E-state index in [1.54, 1.807) is 18.3 Å². The molecule has 11 heavy (non-hydrogen) atoms. The predicted octanol–water partition coefficient (Wildman–Crippen LogP) is 2.06. The molecule has 0 fully saturated rings. The lowest BCUT2D eigenvalue weighted by atomic mass is 10.2. The van der Waals surface area contributed by atoms with Crippen molar-refractivity contribution in [3.63, 3.8) is 0 Å². The number of anilines is 1. The summed E-state index contributed by atoms with van der Waals surface area (Å²) in [4.78, 5) is 0. The highest BCUT2D eigenvalue weighted by molar-refractivity contribution is 6.37. The lowest BCUT2D eigenvalue weighted by Crippen LogP contribution is -1.84. The highest BCUT2D eigenvalue weighted by Gasteiger charge is 2.04. The molecule has 0 unspecified atom stereocenters. The van der Waals surface area contributed by atoms with Gasteiger partial charge < -0.3 is 10.3 Å². The fraction of sp³-hybridized carbons (Fsp3) is 0. The Balaban J connectivity index is 2.93. The van der Waals surface area contributed by atoms with Crippen molar-refractivity contribution in [3.8, 4) is 0 Å². The maximum Gasteiger partial charge on any atom is 0.168 e. The van der Waals surface area contributed by atoms with Crippen LogP contribution < -0.4 is 5.73 Å². The Morgan fingerprint density at radius 1 is 1.45 bits per heavy atom. The van der Waals surface area contributed by atoms with Crippen LogP contribution in [0.3, 0.4) is 0 Å². The van der Waals surface area contributed by atoms with E-state index < -0.39 is 0 Å². The van der Waals surface area contributed by atoms with E-state index in [1.165, 1.54) is 0 Å². The summed E-state index contributed by atoms with van der Waals surface area (Å²) in [6.07, 6.45) is 1.55. The summed E-state index contributed by atoms with van der Waals surface area (Å²) in [7, 11) is 0. The Labute approximate surface area is 67.7 Å².